The van der Waals surface area contributed by atoms with Crippen LogP contribution in [0.5, 0.6) is 17.2 Å². The zero-order valence-electron chi connectivity index (χ0n) is 24.1. The summed E-state index contributed by atoms with van der Waals surface area (Å²) in [7, 11) is 6.33. The van der Waals surface area contributed by atoms with Crippen molar-refractivity contribution in [2.45, 2.75) is 70.1 Å². The van der Waals surface area contributed by atoms with Gasteiger partial charge in [0.15, 0.2) is 17.8 Å². The van der Waals surface area contributed by atoms with Crippen LogP contribution in [0.4, 0.5) is 0 Å². The van der Waals surface area contributed by atoms with E-state index < -0.39 is 0 Å². The van der Waals surface area contributed by atoms with E-state index in [9.17, 15) is 4.79 Å². The molecule has 1 aliphatic heterocycles. The predicted octanol–water partition coefficient (Wildman–Crippen LogP) is 6.71. The second kappa shape index (κ2) is 13.0. The molecule has 1 aromatic heterocycles. The van der Waals surface area contributed by atoms with E-state index in [0.717, 1.165) is 60.9 Å². The molecule has 0 bridgehead atoms. The van der Waals surface area contributed by atoms with E-state index in [1.54, 1.807) is 21.3 Å². The summed E-state index contributed by atoms with van der Waals surface area (Å²) in [6, 6.07) is 9.86. The van der Waals surface area contributed by atoms with Crippen molar-refractivity contribution in [1.82, 2.24) is 4.57 Å². The first-order valence-electron chi connectivity index (χ1n) is 14.4. The Balaban J connectivity index is 1.72. The first-order chi connectivity index (χ1) is 19.6. The predicted molar refractivity (Wildman–Crippen MR) is 154 cm³/mol. The number of carbonyl (C=O) groups excluding carboxylic acids is 1. The van der Waals surface area contributed by atoms with Gasteiger partial charge < -0.3 is 33.0 Å². The van der Waals surface area contributed by atoms with Gasteiger partial charge in [0, 0.05) is 29.6 Å². The number of hydrogen-bond donors (Lipinski definition) is 0. The Morgan fingerprint density at radius 2 is 1.68 bits per heavy atom. The Morgan fingerprint density at radius 1 is 0.900 bits per heavy atom. The first kappa shape index (κ1) is 28.3. The molecule has 5 rings (SSSR count). The van der Waals surface area contributed by atoms with Crippen molar-refractivity contribution >= 4 is 16.9 Å². The minimum absolute atomic E-state index is 0.182. The number of methoxy groups -OCH3 is 4. The molecule has 2 aliphatic rings. The number of carbonyl (C=O) groups is 1. The highest BCUT2D eigenvalue weighted by atomic mass is 16.7. The van der Waals surface area contributed by atoms with Crippen LogP contribution in [-0.2, 0) is 20.8 Å². The second-order valence-corrected chi connectivity index (χ2v) is 10.5. The number of fused-ring (bicyclic) bond motifs is 1. The van der Waals surface area contributed by atoms with E-state index in [1.165, 1.54) is 31.9 Å². The first-order valence-corrected chi connectivity index (χ1v) is 14.4. The van der Waals surface area contributed by atoms with E-state index in [1.807, 2.05) is 24.3 Å². The van der Waals surface area contributed by atoms with Gasteiger partial charge in [-0.2, -0.15) is 0 Å². The summed E-state index contributed by atoms with van der Waals surface area (Å²) in [6.07, 6.45) is 8.79. The molecule has 1 saturated heterocycles. The zero-order valence-corrected chi connectivity index (χ0v) is 24.1. The molecule has 0 spiro atoms. The fraction of sp³-hybridized carbons (Fsp3) is 0.531. The summed E-state index contributed by atoms with van der Waals surface area (Å²) in [4.78, 5) is 12.6. The zero-order chi connectivity index (χ0) is 28.1. The van der Waals surface area contributed by atoms with Crippen molar-refractivity contribution in [2.24, 2.45) is 0 Å². The molecular formula is C32H41NO7. The maximum atomic E-state index is 12.6. The van der Waals surface area contributed by atoms with Crippen LogP contribution in [0.2, 0.25) is 0 Å². The molecule has 2 heterocycles. The van der Waals surface area contributed by atoms with E-state index >= 15 is 0 Å². The van der Waals surface area contributed by atoms with E-state index in [2.05, 4.69) is 10.6 Å². The Morgan fingerprint density at radius 3 is 2.35 bits per heavy atom. The summed E-state index contributed by atoms with van der Waals surface area (Å²) >= 11 is 0. The molecule has 8 nitrogen and oxygen atoms in total. The maximum absolute atomic E-state index is 12.6. The standard InChI is InChI=1S/C32H41NO7/c1-35-26-16-15-24(30(36-2)31(26)37-3)29-28(21-10-6-5-7-11-21)23-14-13-22(32(34)38-4)20-25(23)33(29)17-19-40-27-12-8-9-18-39-27/h13-16,20-21,27H,5-12,17-19H2,1-4H3. The van der Waals surface area contributed by atoms with Gasteiger partial charge in [0.1, 0.15) is 0 Å². The smallest absolute Gasteiger partial charge is 0.337 e. The highest BCUT2D eigenvalue weighted by Gasteiger charge is 2.30. The Hall–Kier alpha value is -3.23. The van der Waals surface area contributed by atoms with Crippen LogP contribution < -0.4 is 14.2 Å². The van der Waals surface area contributed by atoms with Crippen LogP contribution in [0.1, 0.15) is 73.2 Å². The number of rotatable bonds is 10. The van der Waals surface area contributed by atoms with Crippen LogP contribution in [0.3, 0.4) is 0 Å². The van der Waals surface area contributed by atoms with Crippen molar-refractivity contribution in [3.63, 3.8) is 0 Å². The lowest BCUT2D eigenvalue weighted by molar-refractivity contribution is -0.163. The average molecular weight is 552 g/mol. The quantitative estimate of drug-likeness (QED) is 0.259. The van der Waals surface area contributed by atoms with Gasteiger partial charge in [0.05, 0.1) is 46.3 Å². The molecule has 1 atom stereocenters. The number of hydrogen-bond acceptors (Lipinski definition) is 7. The van der Waals surface area contributed by atoms with Gasteiger partial charge in [-0.05, 0) is 67.9 Å². The average Bonchev–Trinajstić information content (AvgIpc) is 3.33. The van der Waals surface area contributed by atoms with Gasteiger partial charge in [-0.25, -0.2) is 4.79 Å². The fourth-order valence-electron chi connectivity index (χ4n) is 6.35. The van der Waals surface area contributed by atoms with Crippen molar-refractivity contribution in [2.75, 3.05) is 41.7 Å². The number of ether oxygens (including phenoxy) is 6. The summed E-state index contributed by atoms with van der Waals surface area (Å²) < 4.78 is 36.8. The van der Waals surface area contributed by atoms with Crippen LogP contribution >= 0.6 is 0 Å². The molecule has 40 heavy (non-hydrogen) atoms. The number of esters is 1. The van der Waals surface area contributed by atoms with E-state index in [-0.39, 0.29) is 12.3 Å². The molecule has 2 aromatic carbocycles. The number of nitrogens with zero attached hydrogens (tertiary/aromatic N) is 1. The molecule has 0 N–H and O–H groups in total. The van der Waals surface area contributed by atoms with Gasteiger partial charge in [-0.3, -0.25) is 0 Å². The molecule has 216 valence electrons. The van der Waals surface area contributed by atoms with Crippen molar-refractivity contribution in [3.05, 3.63) is 41.5 Å². The fourth-order valence-corrected chi connectivity index (χ4v) is 6.35. The monoisotopic (exact) mass is 551 g/mol. The van der Waals surface area contributed by atoms with Gasteiger partial charge in [0.2, 0.25) is 5.75 Å². The Labute approximate surface area is 236 Å². The molecule has 8 heteroatoms. The molecular weight excluding hydrogens is 510 g/mol. The van der Waals surface area contributed by atoms with E-state index in [0.29, 0.717) is 41.9 Å². The molecule has 1 unspecified atom stereocenters. The van der Waals surface area contributed by atoms with Gasteiger partial charge >= 0.3 is 5.97 Å². The maximum Gasteiger partial charge on any atom is 0.337 e. The highest BCUT2D eigenvalue weighted by molar-refractivity contribution is 5.99. The summed E-state index contributed by atoms with van der Waals surface area (Å²) in [5.41, 5.74) is 4.76. The summed E-state index contributed by atoms with van der Waals surface area (Å²) in [5.74, 6) is 1.81. The normalized spacial score (nSPS) is 18.1. The lowest BCUT2D eigenvalue weighted by Crippen LogP contribution is -2.24. The van der Waals surface area contributed by atoms with Gasteiger partial charge in [-0.15, -0.1) is 0 Å². The molecule has 0 amide bonds. The van der Waals surface area contributed by atoms with Crippen LogP contribution in [-0.4, -0.2) is 58.5 Å². The largest absolute Gasteiger partial charge is 0.493 e. The SMILES string of the molecule is COC(=O)c1ccc2c(C3CCCCC3)c(-c3ccc(OC)c(OC)c3OC)n(CCOC3CCCCO3)c2c1. The van der Waals surface area contributed by atoms with Crippen molar-refractivity contribution in [3.8, 4) is 28.5 Å². The van der Waals surface area contributed by atoms with Crippen LogP contribution in [0, 0.1) is 0 Å². The molecule has 3 aromatic rings. The summed E-state index contributed by atoms with van der Waals surface area (Å²) in [6.45, 7) is 1.80. The second-order valence-electron chi connectivity index (χ2n) is 10.5. The van der Waals surface area contributed by atoms with Gasteiger partial charge in [-0.1, -0.05) is 25.3 Å². The number of benzene rings is 2. The third kappa shape index (κ3) is 5.52. The van der Waals surface area contributed by atoms with Crippen LogP contribution in [0.15, 0.2) is 30.3 Å². The molecule has 1 saturated carbocycles. The molecule has 1 aliphatic carbocycles. The Kier molecular flexibility index (Phi) is 9.17. The summed E-state index contributed by atoms with van der Waals surface area (Å²) in [5, 5.41) is 1.14. The lowest BCUT2D eigenvalue weighted by Gasteiger charge is -2.25. The van der Waals surface area contributed by atoms with Crippen molar-refractivity contribution < 1.29 is 33.2 Å². The van der Waals surface area contributed by atoms with Gasteiger partial charge in [0.25, 0.3) is 0 Å². The highest BCUT2D eigenvalue weighted by Crippen LogP contribution is 2.50. The third-order valence-corrected chi connectivity index (χ3v) is 8.25. The molecule has 0 radical (unpaired) electrons. The number of aromatic nitrogens is 1. The topological polar surface area (TPSA) is 77.4 Å². The minimum Gasteiger partial charge on any atom is -0.493 e. The molecule has 2 fully saturated rings. The third-order valence-electron chi connectivity index (χ3n) is 8.25. The Bertz CT molecular complexity index is 1320. The lowest BCUT2D eigenvalue weighted by atomic mass is 9.81. The van der Waals surface area contributed by atoms with E-state index in [4.69, 9.17) is 28.4 Å². The van der Waals surface area contributed by atoms with Crippen LogP contribution in [0.25, 0.3) is 22.2 Å². The van der Waals surface area contributed by atoms with Crippen molar-refractivity contribution in [1.29, 1.82) is 0 Å². The minimum atomic E-state index is -0.356.